The topological polar surface area (TPSA) is 46.2 Å². The number of rotatable bonds is 2. The zero-order valence-electron chi connectivity index (χ0n) is 8.21. The van der Waals surface area contributed by atoms with E-state index in [1.54, 1.807) is 0 Å². The van der Waals surface area contributed by atoms with E-state index in [-0.39, 0.29) is 12.4 Å². The number of aliphatic hydroxyl groups excluding tert-OH is 1. The standard InChI is InChI=1S/C9H8F5NO.ClH/c10-4-2-1-3-5(11)6(4)7(15)8(16)9(12,13)14;/h1-3,7-8,16H,15H2;1H/t7-,8-;/m1./s1. The van der Waals surface area contributed by atoms with Crippen LogP contribution in [0.15, 0.2) is 18.2 Å². The molecule has 0 aliphatic rings. The smallest absolute Gasteiger partial charge is 0.382 e. The third-order valence-corrected chi connectivity index (χ3v) is 2.01. The highest BCUT2D eigenvalue weighted by molar-refractivity contribution is 5.85. The van der Waals surface area contributed by atoms with Crippen molar-refractivity contribution in [3.8, 4) is 0 Å². The van der Waals surface area contributed by atoms with Crippen LogP contribution in [0.2, 0.25) is 0 Å². The highest BCUT2D eigenvalue weighted by Gasteiger charge is 2.44. The van der Waals surface area contributed by atoms with Crippen molar-refractivity contribution in [2.24, 2.45) is 5.73 Å². The first kappa shape index (κ1) is 16.1. The molecule has 8 heteroatoms. The van der Waals surface area contributed by atoms with Crippen molar-refractivity contribution in [1.82, 2.24) is 0 Å². The van der Waals surface area contributed by atoms with Crippen LogP contribution in [-0.2, 0) is 0 Å². The summed E-state index contributed by atoms with van der Waals surface area (Å²) in [6.45, 7) is 0. The third kappa shape index (κ3) is 3.52. The van der Waals surface area contributed by atoms with Crippen molar-refractivity contribution in [3.63, 3.8) is 0 Å². The minimum absolute atomic E-state index is 0. The van der Waals surface area contributed by atoms with E-state index >= 15 is 0 Å². The molecule has 0 unspecified atom stereocenters. The molecule has 2 nitrogen and oxygen atoms in total. The first-order chi connectivity index (χ1) is 7.25. The van der Waals surface area contributed by atoms with Gasteiger partial charge in [0.15, 0.2) is 6.10 Å². The van der Waals surface area contributed by atoms with E-state index in [1.807, 2.05) is 0 Å². The van der Waals surface area contributed by atoms with Crippen LogP contribution in [0.25, 0.3) is 0 Å². The molecule has 0 bridgehead atoms. The molecule has 0 spiro atoms. The number of alkyl halides is 3. The number of nitrogens with two attached hydrogens (primary N) is 1. The van der Waals surface area contributed by atoms with Gasteiger partial charge in [0.1, 0.15) is 11.6 Å². The quantitative estimate of drug-likeness (QED) is 0.815. The third-order valence-electron chi connectivity index (χ3n) is 2.01. The highest BCUT2D eigenvalue weighted by Crippen LogP contribution is 2.30. The van der Waals surface area contributed by atoms with Crippen LogP contribution in [0, 0.1) is 11.6 Å². The van der Waals surface area contributed by atoms with Crippen LogP contribution in [0.1, 0.15) is 11.6 Å². The van der Waals surface area contributed by atoms with Crippen molar-refractivity contribution in [1.29, 1.82) is 0 Å². The van der Waals surface area contributed by atoms with Crippen molar-refractivity contribution < 1.29 is 27.1 Å². The monoisotopic (exact) mass is 277 g/mol. The molecule has 2 atom stereocenters. The van der Waals surface area contributed by atoms with Gasteiger partial charge in [0, 0.05) is 5.56 Å². The number of benzene rings is 1. The first-order valence-electron chi connectivity index (χ1n) is 4.19. The Morgan fingerprint density at radius 3 is 1.88 bits per heavy atom. The van der Waals surface area contributed by atoms with E-state index in [1.165, 1.54) is 0 Å². The Labute approximate surface area is 99.6 Å². The summed E-state index contributed by atoms with van der Waals surface area (Å²) in [7, 11) is 0. The van der Waals surface area contributed by atoms with E-state index in [0.717, 1.165) is 18.2 Å². The second kappa shape index (κ2) is 5.61. The maximum atomic E-state index is 13.1. The van der Waals surface area contributed by atoms with Crippen molar-refractivity contribution >= 4 is 12.4 Å². The van der Waals surface area contributed by atoms with Gasteiger partial charge in [0.05, 0.1) is 6.04 Å². The summed E-state index contributed by atoms with van der Waals surface area (Å²) < 4.78 is 62.3. The lowest BCUT2D eigenvalue weighted by Crippen LogP contribution is -2.39. The lowest BCUT2D eigenvalue weighted by atomic mass is 10.0. The predicted molar refractivity (Wildman–Crippen MR) is 52.6 cm³/mol. The molecule has 0 saturated carbocycles. The SMILES string of the molecule is Cl.N[C@H](c1c(F)cccc1F)[C@@H](O)C(F)(F)F. The van der Waals surface area contributed by atoms with Crippen molar-refractivity contribution in [2.75, 3.05) is 0 Å². The summed E-state index contributed by atoms with van der Waals surface area (Å²) in [5.41, 5.74) is 4.00. The average Bonchev–Trinajstić information content (AvgIpc) is 2.14. The van der Waals surface area contributed by atoms with E-state index in [2.05, 4.69) is 0 Å². The Morgan fingerprint density at radius 1 is 1.12 bits per heavy atom. The van der Waals surface area contributed by atoms with Crippen LogP contribution in [-0.4, -0.2) is 17.4 Å². The second-order valence-corrected chi connectivity index (χ2v) is 3.15. The first-order valence-corrected chi connectivity index (χ1v) is 4.19. The van der Waals surface area contributed by atoms with Gasteiger partial charge in [-0.2, -0.15) is 13.2 Å². The molecule has 1 rings (SSSR count). The van der Waals surface area contributed by atoms with E-state index in [9.17, 15) is 22.0 Å². The summed E-state index contributed by atoms with van der Waals surface area (Å²) in [6, 6.07) is 0.324. The van der Waals surface area contributed by atoms with Crippen LogP contribution < -0.4 is 5.73 Å². The number of aliphatic hydroxyl groups is 1. The Kier molecular flexibility index (Phi) is 5.31. The maximum Gasteiger partial charge on any atom is 0.416 e. The van der Waals surface area contributed by atoms with Crippen molar-refractivity contribution in [3.05, 3.63) is 35.4 Å². The molecule has 0 heterocycles. The Morgan fingerprint density at radius 2 is 1.53 bits per heavy atom. The molecular formula is C9H9ClF5NO. The van der Waals surface area contributed by atoms with Gasteiger partial charge in [-0.3, -0.25) is 0 Å². The molecule has 0 aliphatic carbocycles. The lowest BCUT2D eigenvalue weighted by molar-refractivity contribution is -0.210. The number of hydrogen-bond donors (Lipinski definition) is 2. The summed E-state index contributed by atoms with van der Waals surface area (Å²) in [5.74, 6) is -2.45. The van der Waals surface area contributed by atoms with Gasteiger partial charge in [0.25, 0.3) is 0 Å². The summed E-state index contributed by atoms with van der Waals surface area (Å²) >= 11 is 0. The van der Waals surface area contributed by atoms with E-state index in [0.29, 0.717) is 0 Å². The van der Waals surface area contributed by atoms with Crippen molar-refractivity contribution in [2.45, 2.75) is 18.3 Å². The zero-order chi connectivity index (χ0) is 12.5. The van der Waals surface area contributed by atoms with Gasteiger partial charge in [-0.25, -0.2) is 8.78 Å². The molecule has 0 radical (unpaired) electrons. The van der Waals surface area contributed by atoms with Crippen LogP contribution in [0.5, 0.6) is 0 Å². The summed E-state index contributed by atoms with van der Waals surface area (Å²) in [4.78, 5) is 0. The zero-order valence-corrected chi connectivity index (χ0v) is 9.03. The molecule has 17 heavy (non-hydrogen) atoms. The Hall–Kier alpha value is -0.920. The van der Waals surface area contributed by atoms with Gasteiger partial charge in [-0.05, 0) is 12.1 Å². The van der Waals surface area contributed by atoms with Gasteiger partial charge in [0.2, 0.25) is 0 Å². The minimum atomic E-state index is -5.03. The molecule has 0 saturated heterocycles. The van der Waals surface area contributed by atoms with E-state index < -0.39 is 35.5 Å². The fourth-order valence-corrected chi connectivity index (χ4v) is 1.19. The minimum Gasteiger partial charge on any atom is -0.382 e. The molecule has 3 N–H and O–H groups in total. The predicted octanol–water partition coefficient (Wildman–Crippen LogP) is 2.31. The van der Waals surface area contributed by atoms with Gasteiger partial charge in [-0.15, -0.1) is 12.4 Å². The Balaban J connectivity index is 0.00000256. The molecule has 0 fully saturated rings. The largest absolute Gasteiger partial charge is 0.416 e. The fraction of sp³-hybridized carbons (Fsp3) is 0.333. The average molecular weight is 278 g/mol. The Bertz CT molecular complexity index is 364. The lowest BCUT2D eigenvalue weighted by Gasteiger charge is -2.22. The maximum absolute atomic E-state index is 13.1. The van der Waals surface area contributed by atoms with Gasteiger partial charge in [-0.1, -0.05) is 6.07 Å². The summed E-state index contributed by atoms with van der Waals surface area (Å²) in [6.07, 6.45) is -8.05. The summed E-state index contributed by atoms with van der Waals surface area (Å²) in [5, 5.41) is 8.77. The second-order valence-electron chi connectivity index (χ2n) is 3.15. The molecular weight excluding hydrogens is 269 g/mol. The number of halogens is 6. The van der Waals surface area contributed by atoms with Gasteiger partial charge < -0.3 is 10.8 Å². The van der Waals surface area contributed by atoms with Crippen LogP contribution in [0.4, 0.5) is 22.0 Å². The van der Waals surface area contributed by atoms with Crippen LogP contribution >= 0.6 is 12.4 Å². The van der Waals surface area contributed by atoms with Gasteiger partial charge >= 0.3 is 6.18 Å². The molecule has 1 aromatic rings. The molecule has 0 amide bonds. The molecule has 0 aromatic heterocycles. The van der Waals surface area contributed by atoms with Crippen LogP contribution in [0.3, 0.4) is 0 Å². The number of hydrogen-bond acceptors (Lipinski definition) is 2. The fourth-order valence-electron chi connectivity index (χ4n) is 1.19. The van der Waals surface area contributed by atoms with E-state index in [4.69, 9.17) is 10.8 Å². The molecule has 0 aliphatic heterocycles. The molecule has 98 valence electrons. The molecule has 1 aromatic carbocycles. The highest BCUT2D eigenvalue weighted by atomic mass is 35.5. The normalized spacial score (nSPS) is 15.0.